The Bertz CT molecular complexity index is 491. The van der Waals surface area contributed by atoms with Crippen molar-refractivity contribution in [3.05, 3.63) is 23.3 Å². The third-order valence-corrected chi connectivity index (χ3v) is 1.68. The highest BCUT2D eigenvalue weighted by atomic mass is 16.6. The molecule has 10 nitrogen and oxygen atoms in total. The number of nitrogens with two attached hydrogens (primary N) is 1. The van der Waals surface area contributed by atoms with Gasteiger partial charge in [-0.3, -0.25) is 4.79 Å². The molecule has 0 atom stereocenters. The van der Waals surface area contributed by atoms with Crippen molar-refractivity contribution in [2.75, 3.05) is 6.54 Å². The van der Waals surface area contributed by atoms with Crippen LogP contribution in [0.25, 0.3) is 0 Å². The van der Waals surface area contributed by atoms with Gasteiger partial charge >= 0.3 is 29.8 Å². The summed E-state index contributed by atoms with van der Waals surface area (Å²) in [5.41, 5.74) is 4.01. The van der Waals surface area contributed by atoms with Crippen LogP contribution in [-0.4, -0.2) is 51.7 Å². The van der Waals surface area contributed by atoms with E-state index in [2.05, 4.69) is 10.5 Å². The van der Waals surface area contributed by atoms with E-state index in [9.17, 15) is 24.0 Å². The molecule has 0 amide bonds. The summed E-state index contributed by atoms with van der Waals surface area (Å²) in [5, 5.41) is 24.3. The maximum atomic E-state index is 11.1. The summed E-state index contributed by atoms with van der Waals surface area (Å²) in [7, 11) is 0. The normalized spacial score (nSPS) is 10.9. The summed E-state index contributed by atoms with van der Waals surface area (Å²) in [6, 6.07) is 0. The number of hydrogen-bond acceptors (Lipinski definition) is 7. The zero-order chi connectivity index (χ0) is 17.9. The van der Waals surface area contributed by atoms with Gasteiger partial charge in [0.15, 0.2) is 0 Å². The molecule has 0 bridgehead atoms. The van der Waals surface area contributed by atoms with Crippen molar-refractivity contribution >= 4 is 29.8 Å². The van der Waals surface area contributed by atoms with Gasteiger partial charge < -0.3 is 25.8 Å². The zero-order valence-electron chi connectivity index (χ0n) is 11.7. The van der Waals surface area contributed by atoms with Crippen molar-refractivity contribution in [3.8, 4) is 0 Å². The number of carboxylic acid groups (broad SMARTS) is 3. The Hall–Kier alpha value is -3.01. The molecule has 10 heteroatoms. The summed E-state index contributed by atoms with van der Waals surface area (Å²) in [5.74, 6) is -5.97. The number of rotatable bonds is 5. The average molecular weight is 317 g/mol. The monoisotopic (exact) mass is 317 g/mol. The van der Waals surface area contributed by atoms with E-state index in [4.69, 9.17) is 15.3 Å². The Morgan fingerprint density at radius 1 is 0.864 bits per heavy atom. The van der Waals surface area contributed by atoms with E-state index in [1.807, 2.05) is 0 Å². The highest BCUT2D eigenvalue weighted by Crippen LogP contribution is 2.02. The molecular weight excluding hydrogens is 302 g/mol. The molecule has 22 heavy (non-hydrogen) atoms. The van der Waals surface area contributed by atoms with E-state index in [1.54, 1.807) is 0 Å². The first-order valence-corrected chi connectivity index (χ1v) is 5.52. The van der Waals surface area contributed by atoms with E-state index in [-0.39, 0.29) is 17.7 Å². The second-order valence-electron chi connectivity index (χ2n) is 3.61. The third kappa shape index (κ3) is 12.0. The molecule has 0 saturated carbocycles. The Morgan fingerprint density at radius 3 is 1.32 bits per heavy atom. The minimum Gasteiger partial charge on any atom is -0.480 e. The topological polar surface area (TPSA) is 181 Å². The van der Waals surface area contributed by atoms with Crippen LogP contribution in [0.4, 0.5) is 0 Å². The van der Waals surface area contributed by atoms with Gasteiger partial charge in [-0.05, 0) is 13.8 Å². The van der Waals surface area contributed by atoms with E-state index in [0.29, 0.717) is 12.2 Å². The molecule has 0 aromatic heterocycles. The standard InChI is InChI=1S/C10H10O7.C2H5NO2/c1-5(3-7(11)12)9(15)17-10(16)6(2)4-8(13)14;3-1-2(4)5/h3-4H,1-2H3,(H,11,12)(H,13,14);1,3H2,(H,4,5)/b5-3-,6-4-;. The average Bonchev–Trinajstić information content (AvgIpc) is 2.37. The lowest BCUT2D eigenvalue weighted by Crippen LogP contribution is -2.15. The SMILES string of the molecule is C/C(=C/C(=O)O)C(=O)OC(=O)/C(C)=C\C(=O)O.NCC(=O)O. The molecule has 0 radical (unpaired) electrons. The van der Waals surface area contributed by atoms with E-state index in [0.717, 1.165) is 13.8 Å². The molecule has 0 aliphatic rings. The molecule has 0 saturated heterocycles. The van der Waals surface area contributed by atoms with E-state index in [1.165, 1.54) is 0 Å². The largest absolute Gasteiger partial charge is 0.480 e. The molecule has 0 fully saturated rings. The molecule has 0 unspecified atom stereocenters. The van der Waals surface area contributed by atoms with Crippen LogP contribution in [0.1, 0.15) is 13.8 Å². The summed E-state index contributed by atoms with van der Waals surface area (Å²) in [4.78, 5) is 51.9. The van der Waals surface area contributed by atoms with Crippen molar-refractivity contribution in [1.29, 1.82) is 0 Å². The van der Waals surface area contributed by atoms with Gasteiger partial charge in [0.05, 0.1) is 6.54 Å². The predicted molar refractivity (Wildman–Crippen MR) is 70.6 cm³/mol. The fourth-order valence-electron chi connectivity index (χ4n) is 0.733. The highest BCUT2D eigenvalue weighted by molar-refractivity contribution is 6.05. The number of carbonyl (C=O) groups excluding carboxylic acids is 2. The molecular formula is C12H15NO9. The van der Waals surface area contributed by atoms with E-state index < -0.39 is 29.8 Å². The van der Waals surface area contributed by atoms with Gasteiger partial charge in [0.2, 0.25) is 0 Å². The number of carbonyl (C=O) groups is 5. The van der Waals surface area contributed by atoms with Crippen LogP contribution in [-0.2, 0) is 28.7 Å². The quantitative estimate of drug-likeness (QED) is 0.283. The summed E-state index contributed by atoms with van der Waals surface area (Å²) >= 11 is 0. The Labute approximate surface area is 124 Å². The number of esters is 2. The second-order valence-corrected chi connectivity index (χ2v) is 3.61. The van der Waals surface area contributed by atoms with Crippen molar-refractivity contribution in [2.45, 2.75) is 13.8 Å². The predicted octanol–water partition coefficient (Wildman–Crippen LogP) is -0.852. The molecule has 0 spiro atoms. The van der Waals surface area contributed by atoms with Crippen LogP contribution in [0.2, 0.25) is 0 Å². The lowest BCUT2D eigenvalue weighted by atomic mass is 10.2. The van der Waals surface area contributed by atoms with Crippen molar-refractivity contribution < 1.29 is 44.0 Å². The van der Waals surface area contributed by atoms with E-state index >= 15 is 0 Å². The third-order valence-electron chi connectivity index (χ3n) is 1.68. The molecule has 0 aliphatic heterocycles. The fourth-order valence-corrected chi connectivity index (χ4v) is 0.733. The van der Waals surface area contributed by atoms with Gasteiger partial charge in [0.25, 0.3) is 0 Å². The maximum Gasteiger partial charge on any atom is 0.341 e. The minimum atomic E-state index is -1.36. The smallest absolute Gasteiger partial charge is 0.341 e. The van der Waals surface area contributed by atoms with Crippen LogP contribution in [0, 0.1) is 0 Å². The number of carboxylic acids is 3. The number of aliphatic carboxylic acids is 3. The second kappa shape index (κ2) is 10.7. The lowest BCUT2D eigenvalue weighted by molar-refractivity contribution is -0.154. The van der Waals surface area contributed by atoms with Crippen LogP contribution >= 0.6 is 0 Å². The summed E-state index contributed by atoms with van der Waals surface area (Å²) < 4.78 is 4.23. The molecule has 5 N–H and O–H groups in total. The Morgan fingerprint density at radius 2 is 1.14 bits per heavy atom. The molecule has 0 rings (SSSR count). The summed E-state index contributed by atoms with van der Waals surface area (Å²) in [6.45, 7) is 2.03. The van der Waals surface area contributed by atoms with Crippen molar-refractivity contribution in [2.24, 2.45) is 5.73 Å². The van der Waals surface area contributed by atoms with Gasteiger partial charge in [-0.2, -0.15) is 0 Å². The number of ether oxygens (including phenoxy) is 1. The summed E-state index contributed by atoms with van der Waals surface area (Å²) in [6.07, 6.45) is 1.15. The maximum absolute atomic E-state index is 11.1. The van der Waals surface area contributed by atoms with Gasteiger partial charge in [0.1, 0.15) is 0 Å². The molecule has 0 aromatic carbocycles. The lowest BCUT2D eigenvalue weighted by Gasteiger charge is -2.01. The van der Waals surface area contributed by atoms with Gasteiger partial charge in [0, 0.05) is 23.3 Å². The van der Waals surface area contributed by atoms with Gasteiger partial charge in [-0.1, -0.05) is 0 Å². The molecule has 0 aromatic rings. The fraction of sp³-hybridized carbons (Fsp3) is 0.250. The Kier molecular flexibility index (Phi) is 10.4. The first-order valence-electron chi connectivity index (χ1n) is 5.52. The molecule has 0 aliphatic carbocycles. The van der Waals surface area contributed by atoms with Crippen LogP contribution in [0.5, 0.6) is 0 Å². The Balaban J connectivity index is 0. The molecule has 0 heterocycles. The number of hydrogen-bond donors (Lipinski definition) is 4. The minimum absolute atomic E-state index is 0.278. The van der Waals surface area contributed by atoms with Crippen LogP contribution in [0.3, 0.4) is 0 Å². The van der Waals surface area contributed by atoms with Crippen molar-refractivity contribution in [1.82, 2.24) is 0 Å². The van der Waals surface area contributed by atoms with Gasteiger partial charge in [-0.15, -0.1) is 0 Å². The van der Waals surface area contributed by atoms with Crippen LogP contribution in [0.15, 0.2) is 23.3 Å². The van der Waals surface area contributed by atoms with Crippen LogP contribution < -0.4 is 5.73 Å². The first kappa shape index (κ1) is 21.3. The molecule has 122 valence electrons. The van der Waals surface area contributed by atoms with Crippen molar-refractivity contribution in [3.63, 3.8) is 0 Å². The zero-order valence-corrected chi connectivity index (χ0v) is 11.7. The first-order chi connectivity index (χ1) is 10.0. The van der Waals surface area contributed by atoms with Gasteiger partial charge in [-0.25, -0.2) is 19.2 Å². The highest BCUT2D eigenvalue weighted by Gasteiger charge is 2.15.